The van der Waals surface area contributed by atoms with E-state index >= 15 is 0 Å². The second-order valence-electron chi connectivity index (χ2n) is 7.29. The predicted molar refractivity (Wildman–Crippen MR) is 107 cm³/mol. The van der Waals surface area contributed by atoms with Crippen LogP contribution in [-0.4, -0.2) is 10.2 Å². The van der Waals surface area contributed by atoms with E-state index in [2.05, 4.69) is 0 Å². The Bertz CT molecular complexity index is 741. The lowest BCUT2D eigenvalue weighted by molar-refractivity contribution is 0.451. The van der Waals surface area contributed by atoms with Crippen LogP contribution in [0.3, 0.4) is 0 Å². The van der Waals surface area contributed by atoms with Gasteiger partial charge in [0.15, 0.2) is 0 Å². The molecule has 0 saturated carbocycles. The van der Waals surface area contributed by atoms with Crippen LogP contribution in [0.4, 0.5) is 0 Å². The third kappa shape index (κ3) is 3.75. The minimum absolute atomic E-state index is 0.150. The number of hydrogen-bond donors (Lipinski definition) is 2. The molecule has 0 aromatic heterocycles. The highest BCUT2D eigenvalue weighted by Crippen LogP contribution is 2.41. The van der Waals surface area contributed by atoms with Gasteiger partial charge in [0.2, 0.25) is 0 Å². The van der Waals surface area contributed by atoms with Crippen LogP contribution in [0.2, 0.25) is 10.0 Å². The first-order valence-electron chi connectivity index (χ1n) is 8.57. The summed E-state index contributed by atoms with van der Waals surface area (Å²) in [5, 5.41) is 22.8. The van der Waals surface area contributed by atoms with E-state index in [-0.39, 0.29) is 23.3 Å². The molecule has 0 heterocycles. The highest BCUT2D eigenvalue weighted by molar-refractivity contribution is 6.32. The highest BCUT2D eigenvalue weighted by atomic mass is 35.5. The van der Waals surface area contributed by atoms with Crippen molar-refractivity contribution in [1.82, 2.24) is 0 Å². The molecule has 0 bridgehead atoms. The van der Waals surface area contributed by atoms with E-state index in [1.807, 2.05) is 53.7 Å². The minimum atomic E-state index is 0.150. The molecule has 0 fully saturated rings. The lowest BCUT2D eigenvalue weighted by Gasteiger charge is -2.20. The molecule has 2 aromatic rings. The largest absolute Gasteiger partial charge is 0.507 e. The Balaban J connectivity index is 2.69. The normalized spacial score (nSPS) is 11.6. The summed E-state index contributed by atoms with van der Waals surface area (Å²) in [7, 11) is 0. The fourth-order valence-electron chi connectivity index (χ4n) is 3.11. The number of phenolic OH excluding ortho intramolecular Hbond substituents is 2. The van der Waals surface area contributed by atoms with E-state index in [1.54, 1.807) is 0 Å². The van der Waals surface area contributed by atoms with Gasteiger partial charge < -0.3 is 10.2 Å². The molecule has 25 heavy (non-hydrogen) atoms. The van der Waals surface area contributed by atoms with E-state index in [0.29, 0.717) is 16.5 Å². The van der Waals surface area contributed by atoms with Gasteiger partial charge in [-0.25, -0.2) is 0 Å². The van der Waals surface area contributed by atoms with Gasteiger partial charge in [0.25, 0.3) is 0 Å². The topological polar surface area (TPSA) is 40.5 Å². The molecule has 2 N–H and O–H groups in total. The Morgan fingerprint density at radius 3 is 1.36 bits per heavy atom. The molecule has 0 amide bonds. The number of benzene rings is 2. The van der Waals surface area contributed by atoms with Crippen molar-refractivity contribution in [3.8, 4) is 11.5 Å². The maximum atomic E-state index is 10.8. The van der Waals surface area contributed by atoms with Crippen LogP contribution in [-0.2, 0) is 6.42 Å². The SMILES string of the molecule is Cc1c(Cl)cc(C(C)C)c(O)c1Cc1c(C)c(Cl)cc(C(C)C)c1O. The van der Waals surface area contributed by atoms with E-state index in [1.165, 1.54) is 0 Å². The molecule has 136 valence electrons. The van der Waals surface area contributed by atoms with Gasteiger partial charge in [0.1, 0.15) is 11.5 Å². The Morgan fingerprint density at radius 1 is 0.760 bits per heavy atom. The van der Waals surface area contributed by atoms with Gasteiger partial charge in [-0.05, 0) is 60.1 Å². The van der Waals surface area contributed by atoms with Crippen molar-refractivity contribution in [2.75, 3.05) is 0 Å². The zero-order valence-corrected chi connectivity index (χ0v) is 17.2. The number of aromatic hydroxyl groups is 2. The van der Waals surface area contributed by atoms with E-state index < -0.39 is 0 Å². The average Bonchev–Trinajstić information content (AvgIpc) is 2.53. The molecule has 2 aromatic carbocycles. The average molecular weight is 381 g/mol. The molecule has 0 atom stereocenters. The molecule has 0 unspecified atom stereocenters. The molecule has 0 radical (unpaired) electrons. The zero-order chi connectivity index (χ0) is 19.0. The summed E-state index contributed by atoms with van der Waals surface area (Å²) >= 11 is 12.8. The number of phenols is 2. The minimum Gasteiger partial charge on any atom is -0.507 e. The molecular formula is C21H26Cl2O2. The van der Waals surface area contributed by atoms with Gasteiger partial charge in [-0.1, -0.05) is 50.9 Å². The standard InChI is InChI=1S/C21H26Cl2O2/c1-10(2)14-8-18(22)12(5)16(20(14)24)7-17-13(6)19(23)9-15(11(3)4)21(17)25/h8-11,24-25H,7H2,1-6H3. The molecule has 2 rings (SSSR count). The Labute approximate surface area is 160 Å². The van der Waals surface area contributed by atoms with E-state index in [0.717, 1.165) is 33.4 Å². The lowest BCUT2D eigenvalue weighted by Crippen LogP contribution is -2.03. The second-order valence-corrected chi connectivity index (χ2v) is 8.10. The molecule has 0 aliphatic rings. The van der Waals surface area contributed by atoms with E-state index in [9.17, 15) is 10.2 Å². The van der Waals surface area contributed by atoms with Crippen LogP contribution in [0, 0.1) is 13.8 Å². The molecule has 0 aliphatic carbocycles. The first kappa shape index (κ1) is 19.9. The van der Waals surface area contributed by atoms with Crippen LogP contribution < -0.4 is 0 Å². The number of halogens is 2. The summed E-state index contributed by atoms with van der Waals surface area (Å²) in [6.45, 7) is 11.9. The van der Waals surface area contributed by atoms with Crippen molar-refractivity contribution >= 4 is 23.2 Å². The molecule has 4 heteroatoms. The molecule has 0 spiro atoms. The second kappa shape index (κ2) is 7.47. The fraction of sp³-hybridized carbons (Fsp3) is 0.429. The van der Waals surface area contributed by atoms with Gasteiger partial charge in [0.05, 0.1) is 0 Å². The van der Waals surface area contributed by atoms with Crippen molar-refractivity contribution in [2.45, 2.75) is 59.8 Å². The van der Waals surface area contributed by atoms with E-state index in [4.69, 9.17) is 23.2 Å². The smallest absolute Gasteiger partial charge is 0.122 e. The molecular weight excluding hydrogens is 355 g/mol. The first-order valence-corrected chi connectivity index (χ1v) is 9.33. The summed E-state index contributed by atoms with van der Waals surface area (Å²) in [5.41, 5.74) is 4.77. The third-order valence-electron chi connectivity index (χ3n) is 4.90. The fourth-order valence-corrected chi connectivity index (χ4v) is 3.57. The zero-order valence-electron chi connectivity index (χ0n) is 15.7. The van der Waals surface area contributed by atoms with Gasteiger partial charge in [0, 0.05) is 27.6 Å². The predicted octanol–water partition coefficient (Wildman–Crippen LogP) is 6.86. The summed E-state index contributed by atoms with van der Waals surface area (Å²) < 4.78 is 0. The summed E-state index contributed by atoms with van der Waals surface area (Å²) in [5.74, 6) is 0.804. The maximum Gasteiger partial charge on any atom is 0.122 e. The highest BCUT2D eigenvalue weighted by Gasteiger charge is 2.21. The number of hydrogen-bond acceptors (Lipinski definition) is 2. The van der Waals surface area contributed by atoms with Crippen molar-refractivity contribution in [1.29, 1.82) is 0 Å². The third-order valence-corrected chi connectivity index (χ3v) is 5.69. The lowest BCUT2D eigenvalue weighted by atomic mass is 9.88. The Morgan fingerprint density at radius 2 is 1.08 bits per heavy atom. The maximum absolute atomic E-state index is 10.8. The number of rotatable bonds is 4. The van der Waals surface area contributed by atoms with Crippen molar-refractivity contribution in [3.05, 3.63) is 55.6 Å². The monoisotopic (exact) mass is 380 g/mol. The van der Waals surface area contributed by atoms with Crippen LogP contribution in [0.1, 0.15) is 72.9 Å². The van der Waals surface area contributed by atoms with Crippen LogP contribution in [0.5, 0.6) is 11.5 Å². The Kier molecular flexibility index (Phi) is 5.96. The summed E-state index contributed by atoms with van der Waals surface area (Å²) in [6.07, 6.45) is 0.385. The molecule has 2 nitrogen and oxygen atoms in total. The van der Waals surface area contributed by atoms with Gasteiger partial charge in [-0.3, -0.25) is 0 Å². The molecule has 0 aliphatic heterocycles. The van der Waals surface area contributed by atoms with Gasteiger partial charge in [-0.15, -0.1) is 0 Å². The van der Waals surface area contributed by atoms with Crippen molar-refractivity contribution in [2.24, 2.45) is 0 Å². The van der Waals surface area contributed by atoms with Crippen LogP contribution in [0.15, 0.2) is 12.1 Å². The summed E-state index contributed by atoms with van der Waals surface area (Å²) in [6, 6.07) is 3.65. The first-order chi connectivity index (χ1) is 11.6. The van der Waals surface area contributed by atoms with Crippen molar-refractivity contribution < 1.29 is 10.2 Å². The van der Waals surface area contributed by atoms with Crippen LogP contribution in [0.25, 0.3) is 0 Å². The van der Waals surface area contributed by atoms with Gasteiger partial charge in [-0.2, -0.15) is 0 Å². The quantitative estimate of drug-likeness (QED) is 0.607. The van der Waals surface area contributed by atoms with Gasteiger partial charge >= 0.3 is 0 Å². The van der Waals surface area contributed by atoms with Crippen molar-refractivity contribution in [3.63, 3.8) is 0 Å². The summed E-state index contributed by atoms with van der Waals surface area (Å²) in [4.78, 5) is 0. The molecule has 0 saturated heterocycles. The van der Waals surface area contributed by atoms with Crippen LogP contribution >= 0.6 is 23.2 Å². The Hall–Kier alpha value is -1.38.